The third kappa shape index (κ3) is 5.46. The Labute approximate surface area is 145 Å². The van der Waals surface area contributed by atoms with Gasteiger partial charge in [-0.15, -0.1) is 0 Å². The lowest BCUT2D eigenvalue weighted by Gasteiger charge is -2.16. The van der Waals surface area contributed by atoms with Crippen LogP contribution < -0.4 is 0 Å². The summed E-state index contributed by atoms with van der Waals surface area (Å²) in [6.07, 6.45) is 10.3. The molecule has 0 N–H and O–H groups in total. The predicted molar refractivity (Wildman–Crippen MR) is 89.5 cm³/mol. The highest BCUT2D eigenvalue weighted by Gasteiger charge is 2.19. The summed E-state index contributed by atoms with van der Waals surface area (Å²) in [5.41, 5.74) is 0.493. The maximum absolute atomic E-state index is 12.2. The first-order chi connectivity index (χ1) is 12.0. The van der Waals surface area contributed by atoms with Gasteiger partial charge in [-0.25, -0.2) is 14.4 Å². The summed E-state index contributed by atoms with van der Waals surface area (Å²) < 4.78 is 15.4. The van der Waals surface area contributed by atoms with Crippen LogP contribution in [0.4, 0.5) is 0 Å². The first-order valence-corrected chi connectivity index (χ1v) is 7.72. The fourth-order valence-electron chi connectivity index (χ4n) is 2.17. The van der Waals surface area contributed by atoms with E-state index in [-0.39, 0.29) is 0 Å². The van der Waals surface area contributed by atoms with Crippen LogP contribution in [0.1, 0.15) is 25.7 Å². The highest BCUT2D eigenvalue weighted by molar-refractivity contribution is 5.90. The van der Waals surface area contributed by atoms with Gasteiger partial charge in [0.05, 0.1) is 0 Å². The largest absolute Gasteiger partial charge is 0.428 e. The molecular weight excluding hydrogens is 324 g/mol. The number of allylic oxidation sites excluding steroid dienone is 7. The van der Waals surface area contributed by atoms with Gasteiger partial charge < -0.3 is 14.2 Å². The summed E-state index contributed by atoms with van der Waals surface area (Å²) in [4.78, 5) is 34.4. The van der Waals surface area contributed by atoms with Crippen LogP contribution in [0.5, 0.6) is 0 Å². The van der Waals surface area contributed by atoms with Gasteiger partial charge in [0.2, 0.25) is 0 Å². The van der Waals surface area contributed by atoms with Gasteiger partial charge in [-0.1, -0.05) is 13.2 Å². The van der Waals surface area contributed by atoms with Gasteiger partial charge in [0.1, 0.15) is 17.3 Å². The fourth-order valence-corrected chi connectivity index (χ4v) is 2.17. The Morgan fingerprint density at radius 2 is 1.16 bits per heavy atom. The van der Waals surface area contributed by atoms with E-state index in [1.807, 2.05) is 0 Å². The third-order valence-corrected chi connectivity index (χ3v) is 3.47. The number of rotatable bonds is 6. The molecule has 0 saturated heterocycles. The van der Waals surface area contributed by atoms with Crippen molar-refractivity contribution in [3.8, 4) is 0 Å². The number of carbonyl (C=O) groups is 3. The number of esters is 3. The van der Waals surface area contributed by atoms with Crippen molar-refractivity contribution in [1.82, 2.24) is 0 Å². The molecule has 2 rings (SSSR count). The first-order valence-electron chi connectivity index (χ1n) is 7.72. The van der Waals surface area contributed by atoms with Crippen LogP contribution >= 0.6 is 0 Å². The second-order valence-corrected chi connectivity index (χ2v) is 5.23. The molecule has 0 spiro atoms. The van der Waals surface area contributed by atoms with Crippen molar-refractivity contribution < 1.29 is 28.6 Å². The van der Waals surface area contributed by atoms with E-state index in [2.05, 4.69) is 13.2 Å². The molecule has 0 aromatic rings. The maximum Gasteiger partial charge on any atom is 0.339 e. The monoisotopic (exact) mass is 342 g/mol. The van der Waals surface area contributed by atoms with Crippen LogP contribution in [-0.4, -0.2) is 17.9 Å². The van der Waals surface area contributed by atoms with E-state index in [1.165, 1.54) is 0 Å². The van der Waals surface area contributed by atoms with E-state index in [1.54, 1.807) is 24.3 Å². The van der Waals surface area contributed by atoms with Crippen LogP contribution in [0, 0.1) is 0 Å². The summed E-state index contributed by atoms with van der Waals surface area (Å²) in [5.74, 6) is -0.0215. The minimum absolute atomic E-state index is 0.417. The van der Waals surface area contributed by atoms with Crippen LogP contribution in [0.3, 0.4) is 0 Å². The van der Waals surface area contributed by atoms with Crippen molar-refractivity contribution >= 4 is 17.9 Å². The second kappa shape index (κ2) is 8.63. The average molecular weight is 342 g/mol. The number of hydrogen-bond acceptors (Lipinski definition) is 6. The van der Waals surface area contributed by atoms with Crippen LogP contribution in [0.2, 0.25) is 0 Å². The highest BCUT2D eigenvalue weighted by atomic mass is 16.5. The van der Waals surface area contributed by atoms with Gasteiger partial charge in [-0.05, 0) is 30.7 Å². The van der Waals surface area contributed by atoms with E-state index >= 15 is 0 Å². The van der Waals surface area contributed by atoms with E-state index in [0.717, 1.165) is 12.2 Å². The van der Waals surface area contributed by atoms with Crippen molar-refractivity contribution in [2.24, 2.45) is 0 Å². The molecule has 0 fully saturated rings. The van der Waals surface area contributed by atoms with E-state index in [0.29, 0.717) is 48.5 Å². The van der Waals surface area contributed by atoms with Gasteiger partial charge in [-0.3, -0.25) is 0 Å². The summed E-state index contributed by atoms with van der Waals surface area (Å²) in [6.45, 7) is 6.65. The third-order valence-electron chi connectivity index (χ3n) is 3.47. The van der Waals surface area contributed by atoms with Gasteiger partial charge in [0, 0.05) is 37.0 Å². The summed E-state index contributed by atoms with van der Waals surface area (Å²) in [5, 5.41) is 0. The van der Waals surface area contributed by atoms with Crippen molar-refractivity contribution in [3.63, 3.8) is 0 Å². The van der Waals surface area contributed by atoms with E-state index < -0.39 is 17.9 Å². The first kappa shape index (κ1) is 18.2. The van der Waals surface area contributed by atoms with Crippen molar-refractivity contribution in [3.05, 3.63) is 72.5 Å². The number of ether oxygens (including phenoxy) is 3. The van der Waals surface area contributed by atoms with E-state index in [9.17, 15) is 14.4 Å². The zero-order chi connectivity index (χ0) is 18.2. The van der Waals surface area contributed by atoms with Crippen molar-refractivity contribution in [1.29, 1.82) is 0 Å². The minimum Gasteiger partial charge on any atom is -0.428 e. The Balaban J connectivity index is 1.92. The van der Waals surface area contributed by atoms with Crippen molar-refractivity contribution in [2.45, 2.75) is 25.7 Å². The Morgan fingerprint density at radius 1 is 0.720 bits per heavy atom. The molecule has 6 heteroatoms. The number of hydrogen-bond donors (Lipinski definition) is 0. The normalized spacial score (nSPS) is 16.3. The van der Waals surface area contributed by atoms with Crippen molar-refractivity contribution in [2.75, 3.05) is 0 Å². The van der Waals surface area contributed by atoms with Crippen LogP contribution in [0.15, 0.2) is 72.5 Å². The molecule has 0 bridgehead atoms. The Kier molecular flexibility index (Phi) is 6.28. The quantitative estimate of drug-likeness (QED) is 0.419. The summed E-state index contributed by atoms with van der Waals surface area (Å²) >= 11 is 0. The second-order valence-electron chi connectivity index (χ2n) is 5.23. The lowest BCUT2D eigenvalue weighted by molar-refractivity contribution is -0.136. The predicted octanol–water partition coefficient (Wildman–Crippen LogP) is 3.15. The zero-order valence-electron chi connectivity index (χ0n) is 13.7. The molecule has 0 saturated carbocycles. The summed E-state index contributed by atoms with van der Waals surface area (Å²) in [7, 11) is 0. The molecule has 2 aliphatic rings. The van der Waals surface area contributed by atoms with Gasteiger partial charge >= 0.3 is 17.9 Å². The topological polar surface area (TPSA) is 78.9 Å². The summed E-state index contributed by atoms with van der Waals surface area (Å²) in [6, 6.07) is 0. The molecule has 0 aromatic heterocycles. The van der Waals surface area contributed by atoms with Gasteiger partial charge in [-0.2, -0.15) is 0 Å². The minimum atomic E-state index is -0.530. The standard InChI is InChI=1S/C19H18O6/c1-3-17(20)23-14-7-5-13(6-8-14)19(22)25-16-11-9-15(10-12-16)24-18(21)4-2/h3-5,7,9,11H,1-2,6,8,10,12H2. The molecule has 0 radical (unpaired) electrons. The molecule has 0 amide bonds. The zero-order valence-corrected chi connectivity index (χ0v) is 13.7. The Morgan fingerprint density at radius 3 is 1.56 bits per heavy atom. The highest BCUT2D eigenvalue weighted by Crippen LogP contribution is 2.24. The molecule has 0 aliphatic heterocycles. The molecule has 0 aromatic carbocycles. The molecule has 25 heavy (non-hydrogen) atoms. The molecule has 0 heterocycles. The maximum atomic E-state index is 12.2. The Hall–Kier alpha value is -3.15. The van der Waals surface area contributed by atoms with Crippen LogP contribution in [0.25, 0.3) is 0 Å². The molecule has 2 aliphatic carbocycles. The SMILES string of the molecule is C=CC(=O)OC1=CC=C(OC(=O)C2=CC=C(OC(=O)C=C)CC2)CC1. The lowest BCUT2D eigenvalue weighted by atomic mass is 10.0. The van der Waals surface area contributed by atoms with Gasteiger partial charge in [0.25, 0.3) is 0 Å². The Bertz CT molecular complexity index is 733. The molecule has 6 nitrogen and oxygen atoms in total. The van der Waals surface area contributed by atoms with Gasteiger partial charge in [0.15, 0.2) is 0 Å². The molecule has 0 unspecified atom stereocenters. The molecule has 130 valence electrons. The average Bonchev–Trinajstić information content (AvgIpc) is 2.63. The molecular formula is C19H18O6. The van der Waals surface area contributed by atoms with E-state index in [4.69, 9.17) is 14.2 Å². The fraction of sp³-hybridized carbons (Fsp3) is 0.211. The smallest absolute Gasteiger partial charge is 0.339 e. The van der Waals surface area contributed by atoms with Crippen LogP contribution in [-0.2, 0) is 28.6 Å². The lowest BCUT2D eigenvalue weighted by Crippen LogP contribution is -2.13. The molecule has 0 atom stereocenters. The number of carbonyl (C=O) groups excluding carboxylic acids is 3.